The molecule has 0 spiro atoms. The van der Waals surface area contributed by atoms with Gasteiger partial charge in [-0.05, 0) is 65.3 Å². The number of alkyl carbamates (subject to hydrolysis) is 2. The summed E-state index contributed by atoms with van der Waals surface area (Å²) in [5, 5.41) is 5.41. The van der Waals surface area contributed by atoms with Crippen LogP contribution in [0, 0.1) is 11.8 Å². The molecule has 286 valence electrons. The van der Waals surface area contributed by atoms with Crippen LogP contribution in [0.25, 0.3) is 28.0 Å². The van der Waals surface area contributed by atoms with Gasteiger partial charge in [0, 0.05) is 31.4 Å². The van der Waals surface area contributed by atoms with Gasteiger partial charge >= 0.3 is 12.2 Å². The second kappa shape index (κ2) is 16.7. The van der Waals surface area contributed by atoms with E-state index < -0.39 is 24.3 Å². The fraction of sp³-hybridized carbons (Fsp3) is 0.463. The highest BCUT2D eigenvalue weighted by Crippen LogP contribution is 2.34. The van der Waals surface area contributed by atoms with E-state index in [2.05, 4.69) is 69.1 Å². The van der Waals surface area contributed by atoms with Gasteiger partial charge in [-0.25, -0.2) is 14.6 Å². The molecule has 54 heavy (non-hydrogen) atoms. The van der Waals surface area contributed by atoms with Crippen LogP contribution in [0.5, 0.6) is 0 Å². The van der Waals surface area contributed by atoms with Gasteiger partial charge in [0.25, 0.3) is 0 Å². The third-order valence-corrected chi connectivity index (χ3v) is 10.7. The molecule has 3 aromatic rings. The molecular formula is C41H51N7O6. The van der Waals surface area contributed by atoms with Crippen molar-refractivity contribution >= 4 is 35.3 Å². The fourth-order valence-corrected chi connectivity index (χ4v) is 7.65. The highest BCUT2D eigenvalue weighted by molar-refractivity contribution is 6.04. The summed E-state index contributed by atoms with van der Waals surface area (Å²) < 4.78 is 9.52. The van der Waals surface area contributed by atoms with Gasteiger partial charge < -0.3 is 34.9 Å². The van der Waals surface area contributed by atoms with Gasteiger partial charge in [-0.15, -0.1) is 0 Å². The van der Waals surface area contributed by atoms with Crippen molar-refractivity contribution in [2.75, 3.05) is 27.3 Å². The highest BCUT2D eigenvalue weighted by atomic mass is 16.5. The Morgan fingerprint density at radius 3 is 1.72 bits per heavy atom. The van der Waals surface area contributed by atoms with Crippen LogP contribution in [-0.4, -0.2) is 94.9 Å². The van der Waals surface area contributed by atoms with E-state index in [0.29, 0.717) is 19.5 Å². The number of aromatic nitrogens is 2. The number of hydrogen-bond donors (Lipinski definition) is 3. The first-order valence-electron chi connectivity index (χ1n) is 18.8. The SMILES string of the molecule is COC(=O)N[C@H](C(=O)N1CCC[C@@H]1c1ncc(-c2ccc(-c3ccc(C4=CN=C([C@@H]5CCCN5C(=O)[C@@H](NC(=O)OC)C(C)C)C4)cc3)cc2)[nH]1)C(C)C. The van der Waals surface area contributed by atoms with Crippen LogP contribution in [0.2, 0.25) is 0 Å². The molecule has 1 aromatic heterocycles. The minimum atomic E-state index is -0.684. The number of nitrogens with one attached hydrogen (secondary N) is 3. The lowest BCUT2D eigenvalue weighted by molar-refractivity contribution is -0.135. The van der Waals surface area contributed by atoms with Crippen LogP contribution in [0.3, 0.4) is 0 Å². The predicted octanol–water partition coefficient (Wildman–Crippen LogP) is 6.35. The van der Waals surface area contributed by atoms with Crippen LogP contribution in [0.4, 0.5) is 9.59 Å². The van der Waals surface area contributed by atoms with Crippen LogP contribution in [-0.2, 0) is 19.1 Å². The first kappa shape index (κ1) is 38.3. The molecule has 2 fully saturated rings. The van der Waals surface area contributed by atoms with Gasteiger partial charge in [0.05, 0.1) is 38.2 Å². The Bertz CT molecular complexity index is 1900. The normalized spacial score (nSPS) is 19.4. The maximum atomic E-state index is 13.5. The molecule has 13 nitrogen and oxygen atoms in total. The molecule has 0 unspecified atom stereocenters. The van der Waals surface area contributed by atoms with Crippen LogP contribution < -0.4 is 10.6 Å². The van der Waals surface area contributed by atoms with Gasteiger partial charge in [0.15, 0.2) is 0 Å². The maximum absolute atomic E-state index is 13.5. The molecular weight excluding hydrogens is 686 g/mol. The van der Waals surface area contributed by atoms with Gasteiger partial charge in [-0.2, -0.15) is 0 Å². The number of hydrogen-bond acceptors (Lipinski definition) is 8. The molecule has 2 saturated heterocycles. The zero-order valence-corrected chi connectivity index (χ0v) is 31.9. The standard InChI is InChI=1S/C41H51N7O6/c1-24(2)35(45-40(51)53-5)38(49)47-19-7-9-33(47)31-21-30(22-42-31)28-13-11-26(12-14-28)27-15-17-29(18-16-27)32-23-43-37(44-32)34-10-8-20-48(34)39(50)36(25(3)4)46-41(52)54-6/h11-18,22-25,33-36H,7-10,19-21H2,1-6H3,(H,43,44)(H,45,51)(H,46,52)/t33-,34+,35-,36-/m0/s1. The molecule has 3 aliphatic rings. The van der Waals surface area contributed by atoms with Crippen molar-refractivity contribution in [3.8, 4) is 22.4 Å². The summed E-state index contributed by atoms with van der Waals surface area (Å²) in [4.78, 5) is 67.5. The van der Waals surface area contributed by atoms with E-state index >= 15 is 0 Å². The number of nitrogens with zero attached hydrogens (tertiary/aromatic N) is 4. The minimum absolute atomic E-state index is 0.0837. The number of aromatic amines is 1. The zero-order chi connectivity index (χ0) is 38.5. The topological polar surface area (TPSA) is 158 Å². The number of carbonyl (C=O) groups is 4. The second-order valence-electron chi connectivity index (χ2n) is 14.9. The molecule has 3 aliphatic heterocycles. The van der Waals surface area contributed by atoms with E-state index in [0.717, 1.165) is 70.7 Å². The summed E-state index contributed by atoms with van der Waals surface area (Å²) >= 11 is 0. The van der Waals surface area contributed by atoms with E-state index in [4.69, 9.17) is 14.5 Å². The lowest BCUT2D eigenvalue weighted by Gasteiger charge is -2.31. The number of allylic oxidation sites excluding steroid dienone is 1. The number of likely N-dealkylation sites (tertiary alicyclic amines) is 2. The number of amides is 4. The average Bonchev–Trinajstić information content (AvgIpc) is 4.02. The third kappa shape index (κ3) is 8.19. The Morgan fingerprint density at radius 2 is 1.20 bits per heavy atom. The lowest BCUT2D eigenvalue weighted by atomic mass is 9.95. The molecule has 13 heteroatoms. The molecule has 2 aromatic carbocycles. The molecule has 3 N–H and O–H groups in total. The van der Waals surface area contributed by atoms with E-state index in [-0.39, 0.29) is 35.7 Å². The minimum Gasteiger partial charge on any atom is -0.453 e. The summed E-state index contributed by atoms with van der Waals surface area (Å²) in [6, 6.07) is 15.1. The van der Waals surface area contributed by atoms with E-state index in [9.17, 15) is 19.2 Å². The van der Waals surface area contributed by atoms with Gasteiger partial charge in [0.1, 0.15) is 17.9 Å². The zero-order valence-electron chi connectivity index (χ0n) is 31.9. The number of aliphatic imine (C=N–C) groups is 1. The van der Waals surface area contributed by atoms with E-state index in [1.807, 2.05) is 43.7 Å². The quantitative estimate of drug-likeness (QED) is 0.207. The number of benzene rings is 2. The first-order valence-corrected chi connectivity index (χ1v) is 18.8. The molecule has 4 amide bonds. The summed E-state index contributed by atoms with van der Waals surface area (Å²) in [5.74, 6) is 0.306. The van der Waals surface area contributed by atoms with Crippen molar-refractivity contribution in [2.24, 2.45) is 16.8 Å². The fourth-order valence-electron chi connectivity index (χ4n) is 7.65. The highest BCUT2D eigenvalue weighted by Gasteiger charge is 2.39. The molecule has 0 aliphatic carbocycles. The summed E-state index contributed by atoms with van der Waals surface area (Å²) in [5.41, 5.74) is 7.18. The van der Waals surface area contributed by atoms with Crippen LogP contribution >= 0.6 is 0 Å². The maximum Gasteiger partial charge on any atom is 0.407 e. The Balaban J connectivity index is 1.07. The Labute approximate surface area is 316 Å². The van der Waals surface area contributed by atoms with Crippen molar-refractivity contribution in [1.29, 1.82) is 0 Å². The average molecular weight is 738 g/mol. The van der Waals surface area contributed by atoms with E-state index in [1.54, 1.807) is 6.20 Å². The molecule has 6 rings (SSSR count). The summed E-state index contributed by atoms with van der Waals surface area (Å²) in [6.45, 7) is 8.87. The number of ether oxygens (including phenoxy) is 2. The van der Waals surface area contributed by atoms with Crippen molar-refractivity contribution in [2.45, 2.75) is 84.0 Å². The van der Waals surface area contributed by atoms with Gasteiger partial charge in [-0.1, -0.05) is 76.2 Å². The Morgan fingerprint density at radius 1 is 0.722 bits per heavy atom. The number of carbonyl (C=O) groups excluding carboxylic acids is 4. The van der Waals surface area contributed by atoms with Crippen molar-refractivity contribution in [1.82, 2.24) is 30.4 Å². The monoisotopic (exact) mass is 737 g/mol. The first-order chi connectivity index (χ1) is 26.0. The number of rotatable bonds is 11. The summed E-state index contributed by atoms with van der Waals surface area (Å²) in [6.07, 6.45) is 6.52. The third-order valence-electron chi connectivity index (χ3n) is 10.7. The molecule has 4 heterocycles. The molecule has 4 atom stereocenters. The number of imidazole rings is 1. The largest absolute Gasteiger partial charge is 0.453 e. The van der Waals surface area contributed by atoms with Crippen LogP contribution in [0.1, 0.15) is 77.2 Å². The smallest absolute Gasteiger partial charge is 0.407 e. The predicted molar refractivity (Wildman–Crippen MR) is 206 cm³/mol. The lowest BCUT2D eigenvalue weighted by Crippen LogP contribution is -2.53. The Kier molecular flexibility index (Phi) is 11.8. The Hall–Kier alpha value is -5.46. The van der Waals surface area contributed by atoms with Crippen molar-refractivity contribution in [3.63, 3.8) is 0 Å². The van der Waals surface area contributed by atoms with Gasteiger partial charge in [0.2, 0.25) is 11.8 Å². The van der Waals surface area contributed by atoms with Crippen molar-refractivity contribution < 1.29 is 28.7 Å². The molecule has 0 saturated carbocycles. The number of H-pyrrole nitrogens is 1. The van der Waals surface area contributed by atoms with Crippen molar-refractivity contribution in [3.05, 3.63) is 72.3 Å². The van der Waals surface area contributed by atoms with E-state index in [1.165, 1.54) is 14.2 Å². The number of methoxy groups -OCH3 is 2. The second-order valence-corrected chi connectivity index (χ2v) is 14.9. The summed E-state index contributed by atoms with van der Waals surface area (Å²) in [7, 11) is 2.59. The van der Waals surface area contributed by atoms with Gasteiger partial charge in [-0.3, -0.25) is 14.6 Å². The molecule has 0 radical (unpaired) electrons. The van der Waals surface area contributed by atoms with Crippen LogP contribution in [0.15, 0.2) is 65.9 Å². The molecule has 0 bridgehead atoms.